The summed E-state index contributed by atoms with van der Waals surface area (Å²) in [6.45, 7) is 2.88. The second-order valence-electron chi connectivity index (χ2n) is 7.42. The van der Waals surface area contributed by atoms with Gasteiger partial charge in [0.15, 0.2) is 6.10 Å². The number of ether oxygens (including phenoxy) is 2. The second-order valence-corrected chi connectivity index (χ2v) is 10.2. The van der Waals surface area contributed by atoms with Crippen molar-refractivity contribution < 1.29 is 51.7 Å². The number of rotatable bonds is 20. The fourth-order valence-electron chi connectivity index (χ4n) is 2.69. The summed E-state index contributed by atoms with van der Waals surface area (Å²) in [5.74, 6) is -1.16. The lowest BCUT2D eigenvalue weighted by Gasteiger charge is -2.30. The quantitative estimate of drug-likeness (QED) is 0.114. The topological polar surface area (TPSA) is 245 Å². The number of phosphoric acid groups is 2. The molecule has 0 aliphatic carbocycles. The molecule has 0 radical (unpaired) electrons. The van der Waals surface area contributed by atoms with Gasteiger partial charge < -0.3 is 41.0 Å². The van der Waals surface area contributed by atoms with Crippen molar-refractivity contribution in [1.82, 2.24) is 12.3 Å². The molecule has 1 unspecified atom stereocenters. The highest BCUT2D eigenvalue weighted by atomic mass is 31.3. The molecule has 0 aromatic heterocycles. The van der Waals surface area contributed by atoms with E-state index >= 15 is 0 Å². The first-order valence-electron chi connectivity index (χ1n) is 11.0. The SMILES string of the molecule is CCCCCCCC(=O)OC[C@H](COP(=O)(O)OP(=O)([O-])[O-])OC(=O)CCCCCCC.[NH4+].[NH4+]. The van der Waals surface area contributed by atoms with Crippen molar-refractivity contribution in [2.75, 3.05) is 13.2 Å². The number of esters is 2. The summed E-state index contributed by atoms with van der Waals surface area (Å²) in [6.07, 6.45) is 8.14. The van der Waals surface area contributed by atoms with Crippen molar-refractivity contribution in [3.63, 3.8) is 0 Å². The molecule has 13 nitrogen and oxygen atoms in total. The first-order chi connectivity index (χ1) is 15.0. The van der Waals surface area contributed by atoms with Crippen molar-refractivity contribution in [3.05, 3.63) is 0 Å². The highest BCUT2D eigenvalue weighted by molar-refractivity contribution is 7.59. The van der Waals surface area contributed by atoms with Crippen LogP contribution in [0.5, 0.6) is 0 Å². The predicted molar refractivity (Wildman–Crippen MR) is 124 cm³/mol. The van der Waals surface area contributed by atoms with Crippen molar-refractivity contribution in [3.8, 4) is 0 Å². The van der Waals surface area contributed by atoms with Crippen molar-refractivity contribution in [1.29, 1.82) is 0 Å². The van der Waals surface area contributed by atoms with Crippen molar-refractivity contribution >= 4 is 27.6 Å². The Bertz CT molecular complexity index is 631. The minimum absolute atomic E-state index is 0. The summed E-state index contributed by atoms with van der Waals surface area (Å²) in [5, 5.41) is 0. The number of carbonyl (C=O) groups is 2. The van der Waals surface area contributed by atoms with E-state index in [1.54, 1.807) is 0 Å². The van der Waals surface area contributed by atoms with E-state index in [1.807, 2.05) is 0 Å². The van der Waals surface area contributed by atoms with Crippen LogP contribution in [-0.4, -0.2) is 36.1 Å². The third-order valence-electron chi connectivity index (χ3n) is 4.32. The lowest BCUT2D eigenvalue weighted by atomic mass is 10.1. The van der Waals surface area contributed by atoms with E-state index in [1.165, 1.54) is 0 Å². The normalized spacial score (nSPS) is 13.7. The Hall–Kier alpha value is -0.880. The fraction of sp³-hybridized carbons (Fsp3) is 0.895. The van der Waals surface area contributed by atoms with Crippen LogP contribution in [-0.2, 0) is 37.0 Å². The van der Waals surface area contributed by atoms with E-state index in [0.717, 1.165) is 51.4 Å². The lowest BCUT2D eigenvalue weighted by molar-refractivity contribution is -0.334. The Morgan fingerprint density at radius 3 is 1.74 bits per heavy atom. The molecule has 0 saturated heterocycles. The largest absolute Gasteiger partial charge is 0.789 e. The minimum atomic E-state index is -5.78. The van der Waals surface area contributed by atoms with E-state index in [4.69, 9.17) is 9.47 Å². The Morgan fingerprint density at radius 2 is 1.26 bits per heavy atom. The summed E-state index contributed by atoms with van der Waals surface area (Å²) >= 11 is 0. The van der Waals surface area contributed by atoms with E-state index < -0.39 is 46.9 Å². The highest BCUT2D eigenvalue weighted by Crippen LogP contribution is 2.53. The van der Waals surface area contributed by atoms with Gasteiger partial charge in [-0.15, -0.1) is 0 Å². The minimum Gasteiger partial charge on any atom is -0.789 e. The second kappa shape index (κ2) is 21.4. The molecule has 9 N–H and O–H groups in total. The molecule has 0 rings (SSSR count). The average Bonchev–Trinajstić information content (AvgIpc) is 2.68. The van der Waals surface area contributed by atoms with E-state index in [9.17, 15) is 33.4 Å². The van der Waals surface area contributed by atoms with E-state index in [0.29, 0.717) is 12.8 Å². The summed E-state index contributed by atoms with van der Waals surface area (Å²) in [5.41, 5.74) is 0. The summed E-state index contributed by atoms with van der Waals surface area (Å²) in [7, 11) is -11.0. The Morgan fingerprint density at radius 1 is 0.794 bits per heavy atom. The molecular formula is C19H44N2O11P2. The fourth-order valence-corrected chi connectivity index (χ4v) is 4.25. The molecule has 0 aliphatic rings. The van der Waals surface area contributed by atoms with Crippen LogP contribution in [0.4, 0.5) is 0 Å². The Balaban J connectivity index is -0.00000480. The standard InChI is InChI=1S/C19H38O11P2.2H3N/c1-3-5-7-9-11-13-18(20)27-15-17(16-28-32(25,26)30-31(22,23)24)29-19(21)14-12-10-8-6-4-2;;/h17H,3-16H2,1-2H3,(H,25,26)(H2,22,23,24);2*1H3/t17-;;/m1../s1. The number of carbonyl (C=O) groups excluding carboxylic acids is 2. The maximum Gasteiger partial charge on any atom is 0.476 e. The molecule has 0 saturated carbocycles. The highest BCUT2D eigenvalue weighted by Gasteiger charge is 2.27. The summed E-state index contributed by atoms with van der Waals surface area (Å²) in [4.78, 5) is 54.3. The molecule has 0 amide bonds. The average molecular weight is 539 g/mol. The molecule has 15 heteroatoms. The number of phosphoric ester groups is 1. The van der Waals surface area contributed by atoms with Gasteiger partial charge in [-0.25, -0.2) is 4.57 Å². The van der Waals surface area contributed by atoms with Crippen molar-refractivity contribution in [2.24, 2.45) is 0 Å². The van der Waals surface area contributed by atoms with Crippen LogP contribution in [0.25, 0.3) is 0 Å². The molecule has 0 bridgehead atoms. The molecule has 2 atom stereocenters. The zero-order valence-corrected chi connectivity index (χ0v) is 22.7. The summed E-state index contributed by atoms with van der Waals surface area (Å²) < 4.78 is 40.2. The van der Waals surface area contributed by atoms with Crippen LogP contribution in [0, 0.1) is 0 Å². The van der Waals surface area contributed by atoms with E-state index in [2.05, 4.69) is 22.7 Å². The zero-order valence-electron chi connectivity index (χ0n) is 20.9. The summed E-state index contributed by atoms with van der Waals surface area (Å²) in [6, 6.07) is 0. The number of quaternary nitrogens is 2. The van der Waals surface area contributed by atoms with Gasteiger partial charge in [-0.3, -0.25) is 18.4 Å². The van der Waals surface area contributed by atoms with Gasteiger partial charge in [0.05, 0.1) is 14.4 Å². The first-order valence-corrected chi connectivity index (χ1v) is 14.0. The lowest BCUT2D eigenvalue weighted by Crippen LogP contribution is -2.29. The van der Waals surface area contributed by atoms with Gasteiger partial charge in [0.25, 0.3) is 0 Å². The monoisotopic (exact) mass is 538 g/mol. The first kappa shape index (κ1) is 37.7. The number of hydrogen-bond donors (Lipinski definition) is 3. The molecule has 0 heterocycles. The number of unbranched alkanes of at least 4 members (excludes halogenated alkanes) is 8. The maximum absolute atomic E-state index is 12.0. The van der Waals surface area contributed by atoms with Gasteiger partial charge >= 0.3 is 19.8 Å². The molecule has 0 aliphatic heterocycles. The molecular weight excluding hydrogens is 494 g/mol. The molecule has 0 aromatic rings. The third-order valence-corrected chi connectivity index (χ3v) is 6.42. The molecule has 34 heavy (non-hydrogen) atoms. The van der Waals surface area contributed by atoms with Gasteiger partial charge in [0, 0.05) is 12.8 Å². The Kier molecular flexibility index (Phi) is 23.7. The third kappa shape index (κ3) is 24.3. The molecule has 0 fully saturated rings. The van der Waals surface area contributed by atoms with Gasteiger partial charge in [0.2, 0.25) is 0 Å². The van der Waals surface area contributed by atoms with Gasteiger partial charge in [-0.05, 0) is 12.8 Å². The van der Waals surface area contributed by atoms with Gasteiger partial charge in [0.1, 0.15) is 6.61 Å². The van der Waals surface area contributed by atoms with Crippen LogP contribution in [0.3, 0.4) is 0 Å². The van der Waals surface area contributed by atoms with Crippen LogP contribution >= 0.6 is 15.6 Å². The predicted octanol–water partition coefficient (Wildman–Crippen LogP) is 3.88. The van der Waals surface area contributed by atoms with Gasteiger partial charge in [-0.2, -0.15) is 0 Å². The zero-order chi connectivity index (χ0) is 24.5. The molecule has 0 spiro atoms. The smallest absolute Gasteiger partial charge is 0.476 e. The van der Waals surface area contributed by atoms with Crippen LogP contribution < -0.4 is 22.1 Å². The van der Waals surface area contributed by atoms with Crippen LogP contribution in [0.2, 0.25) is 0 Å². The van der Waals surface area contributed by atoms with E-state index in [-0.39, 0.29) is 25.1 Å². The Labute approximate surface area is 202 Å². The molecule has 0 aromatic carbocycles. The van der Waals surface area contributed by atoms with Gasteiger partial charge in [-0.1, -0.05) is 65.2 Å². The van der Waals surface area contributed by atoms with Crippen molar-refractivity contribution in [2.45, 2.75) is 97.0 Å². The number of hydrogen-bond acceptors (Lipinski definition) is 10. The van der Waals surface area contributed by atoms with Crippen LogP contribution in [0.1, 0.15) is 90.9 Å². The maximum atomic E-state index is 12.0. The van der Waals surface area contributed by atoms with Crippen LogP contribution in [0.15, 0.2) is 0 Å². The molecule has 206 valence electrons.